The van der Waals surface area contributed by atoms with Crippen LogP contribution in [0.25, 0.3) is 0 Å². The van der Waals surface area contributed by atoms with E-state index in [2.05, 4.69) is 35.8 Å². The van der Waals surface area contributed by atoms with Crippen LogP contribution in [-0.4, -0.2) is 65.2 Å². The molecule has 1 aliphatic heterocycles. The molecule has 8 heteroatoms. The molecule has 0 radical (unpaired) electrons. The second kappa shape index (κ2) is 11.3. The smallest absolute Gasteiger partial charge is 0.221 e. The predicted molar refractivity (Wildman–Crippen MR) is 128 cm³/mol. The third-order valence-electron chi connectivity index (χ3n) is 5.81. The molecule has 3 N–H and O–H groups in total. The first-order valence-corrected chi connectivity index (χ1v) is 11.6. The van der Waals surface area contributed by atoms with E-state index in [0.29, 0.717) is 35.0 Å². The summed E-state index contributed by atoms with van der Waals surface area (Å²) in [6.07, 6.45) is -0.611. The van der Waals surface area contributed by atoms with Crippen molar-refractivity contribution in [2.24, 2.45) is 5.73 Å². The van der Waals surface area contributed by atoms with E-state index >= 15 is 0 Å². The molecule has 1 saturated heterocycles. The number of halogens is 2. The Labute approximate surface area is 199 Å². The van der Waals surface area contributed by atoms with E-state index in [0.717, 1.165) is 24.7 Å². The van der Waals surface area contributed by atoms with Gasteiger partial charge in [0.05, 0.1) is 6.42 Å². The standard InChI is InChI=1S/C24H31Cl2N3O3/c1-16-12-29(17(2)11-28(16)13-18-3-6-20(25)7-4-18)14-22(30)15-32-23-10-21(26)8-5-19(23)9-24(27)31/h3-8,10,16-17,22,30H,9,11-15H2,1-2H3,(H2,27,31). The maximum absolute atomic E-state index is 11.3. The Morgan fingerprint density at radius 3 is 2.41 bits per heavy atom. The maximum atomic E-state index is 11.3. The first kappa shape index (κ1) is 24.8. The number of β-amino-alcohol motifs (C(OH)–C–C–N with tert-alkyl or cyclic N) is 1. The molecule has 2 aromatic carbocycles. The highest BCUT2D eigenvalue weighted by Gasteiger charge is 2.30. The first-order chi connectivity index (χ1) is 15.2. The second-order valence-corrected chi connectivity index (χ2v) is 9.44. The van der Waals surface area contributed by atoms with Crippen molar-refractivity contribution in [2.45, 2.75) is 45.0 Å². The number of piperazine rings is 1. The summed E-state index contributed by atoms with van der Waals surface area (Å²) in [5.74, 6) is 0.0292. The molecule has 0 saturated carbocycles. The van der Waals surface area contributed by atoms with Crippen LogP contribution in [0.5, 0.6) is 5.75 Å². The minimum Gasteiger partial charge on any atom is -0.490 e. The van der Waals surface area contributed by atoms with Gasteiger partial charge in [-0.05, 0) is 43.7 Å². The highest BCUT2D eigenvalue weighted by Crippen LogP contribution is 2.25. The van der Waals surface area contributed by atoms with Gasteiger partial charge in [0, 0.05) is 53.9 Å². The van der Waals surface area contributed by atoms with Crippen molar-refractivity contribution in [3.8, 4) is 5.75 Å². The number of nitrogens with two attached hydrogens (primary N) is 1. The molecule has 0 aliphatic carbocycles. The van der Waals surface area contributed by atoms with Crippen LogP contribution in [0, 0.1) is 0 Å². The number of nitrogens with zero attached hydrogens (tertiary/aromatic N) is 2. The van der Waals surface area contributed by atoms with Gasteiger partial charge in [-0.1, -0.05) is 41.4 Å². The maximum Gasteiger partial charge on any atom is 0.221 e. The Morgan fingerprint density at radius 2 is 1.72 bits per heavy atom. The number of carbonyl (C=O) groups excluding carboxylic acids is 1. The Bertz CT molecular complexity index is 910. The first-order valence-electron chi connectivity index (χ1n) is 10.8. The summed E-state index contributed by atoms with van der Waals surface area (Å²) in [4.78, 5) is 16.0. The number of benzene rings is 2. The molecule has 1 amide bonds. The lowest BCUT2D eigenvalue weighted by atomic mass is 10.1. The third-order valence-corrected chi connectivity index (χ3v) is 6.30. The Balaban J connectivity index is 1.52. The Kier molecular flexibility index (Phi) is 8.79. The fourth-order valence-electron chi connectivity index (χ4n) is 4.07. The quantitative estimate of drug-likeness (QED) is 0.576. The monoisotopic (exact) mass is 479 g/mol. The molecule has 3 unspecified atom stereocenters. The number of aliphatic hydroxyl groups excluding tert-OH is 1. The average Bonchev–Trinajstić information content (AvgIpc) is 2.73. The van der Waals surface area contributed by atoms with Gasteiger partial charge in [0.1, 0.15) is 18.5 Å². The summed E-state index contributed by atoms with van der Waals surface area (Å²) in [5, 5.41) is 11.9. The molecule has 0 bridgehead atoms. The van der Waals surface area contributed by atoms with Crippen molar-refractivity contribution < 1.29 is 14.6 Å². The van der Waals surface area contributed by atoms with Gasteiger partial charge in [-0.2, -0.15) is 0 Å². The van der Waals surface area contributed by atoms with Gasteiger partial charge in [0.25, 0.3) is 0 Å². The van der Waals surface area contributed by atoms with Crippen LogP contribution in [0.4, 0.5) is 0 Å². The number of aliphatic hydroxyl groups is 1. The van der Waals surface area contributed by atoms with E-state index in [1.54, 1.807) is 18.2 Å². The van der Waals surface area contributed by atoms with Gasteiger partial charge in [0.2, 0.25) is 5.91 Å². The third kappa shape index (κ3) is 7.09. The van der Waals surface area contributed by atoms with E-state index in [1.165, 1.54) is 5.56 Å². The molecule has 3 atom stereocenters. The molecular formula is C24H31Cl2N3O3. The summed E-state index contributed by atoms with van der Waals surface area (Å²) in [7, 11) is 0. The molecule has 1 fully saturated rings. The molecule has 174 valence electrons. The largest absolute Gasteiger partial charge is 0.490 e. The Hall–Kier alpha value is -1.83. The molecule has 0 aromatic heterocycles. The predicted octanol–water partition coefficient (Wildman–Crippen LogP) is 3.36. The van der Waals surface area contributed by atoms with Gasteiger partial charge in [-0.15, -0.1) is 0 Å². The Morgan fingerprint density at radius 1 is 1.09 bits per heavy atom. The number of carbonyl (C=O) groups is 1. The van der Waals surface area contributed by atoms with E-state index in [4.69, 9.17) is 33.7 Å². The van der Waals surface area contributed by atoms with Crippen molar-refractivity contribution in [1.29, 1.82) is 0 Å². The van der Waals surface area contributed by atoms with Crippen LogP contribution >= 0.6 is 23.2 Å². The minimum absolute atomic E-state index is 0.0622. The van der Waals surface area contributed by atoms with Crippen LogP contribution in [0.1, 0.15) is 25.0 Å². The SMILES string of the molecule is CC1CN(CC(O)COc2cc(Cl)ccc2CC(N)=O)C(C)CN1Cc1ccc(Cl)cc1. The molecule has 0 spiro atoms. The van der Waals surface area contributed by atoms with Crippen molar-refractivity contribution >= 4 is 29.1 Å². The van der Waals surface area contributed by atoms with Crippen molar-refractivity contribution in [3.05, 3.63) is 63.6 Å². The molecule has 1 aliphatic rings. The minimum atomic E-state index is -0.673. The van der Waals surface area contributed by atoms with Crippen LogP contribution in [0.15, 0.2) is 42.5 Å². The zero-order chi connectivity index (χ0) is 23.3. The van der Waals surface area contributed by atoms with E-state index < -0.39 is 12.0 Å². The van der Waals surface area contributed by atoms with E-state index in [9.17, 15) is 9.90 Å². The summed E-state index contributed by atoms with van der Waals surface area (Å²) >= 11 is 12.1. The van der Waals surface area contributed by atoms with Crippen molar-refractivity contribution in [1.82, 2.24) is 9.80 Å². The fraction of sp³-hybridized carbons (Fsp3) is 0.458. The number of rotatable bonds is 9. The molecular weight excluding hydrogens is 449 g/mol. The van der Waals surface area contributed by atoms with Gasteiger partial charge in [-0.25, -0.2) is 0 Å². The number of hydrogen-bond donors (Lipinski definition) is 2. The molecule has 2 aromatic rings. The number of primary amides is 1. The number of amides is 1. The topological polar surface area (TPSA) is 79.0 Å². The highest BCUT2D eigenvalue weighted by atomic mass is 35.5. The molecule has 1 heterocycles. The number of hydrogen-bond acceptors (Lipinski definition) is 5. The lowest BCUT2D eigenvalue weighted by Gasteiger charge is -2.44. The zero-order valence-electron chi connectivity index (χ0n) is 18.5. The van der Waals surface area contributed by atoms with Gasteiger partial charge in [-0.3, -0.25) is 14.6 Å². The summed E-state index contributed by atoms with van der Waals surface area (Å²) in [6.45, 7) is 7.64. The van der Waals surface area contributed by atoms with Crippen molar-refractivity contribution in [2.75, 3.05) is 26.2 Å². The van der Waals surface area contributed by atoms with E-state index in [1.807, 2.05) is 12.1 Å². The fourth-order valence-corrected chi connectivity index (χ4v) is 4.36. The lowest BCUT2D eigenvalue weighted by molar-refractivity contribution is -0.117. The van der Waals surface area contributed by atoms with E-state index in [-0.39, 0.29) is 13.0 Å². The second-order valence-electron chi connectivity index (χ2n) is 8.57. The lowest BCUT2D eigenvalue weighted by Crippen LogP contribution is -2.57. The number of ether oxygens (including phenoxy) is 1. The van der Waals surface area contributed by atoms with Gasteiger partial charge < -0.3 is 15.6 Å². The molecule has 3 rings (SSSR count). The summed E-state index contributed by atoms with van der Waals surface area (Å²) in [5.41, 5.74) is 7.21. The van der Waals surface area contributed by atoms with Crippen LogP contribution in [0.3, 0.4) is 0 Å². The summed E-state index contributed by atoms with van der Waals surface area (Å²) < 4.78 is 5.80. The van der Waals surface area contributed by atoms with Crippen LogP contribution < -0.4 is 10.5 Å². The van der Waals surface area contributed by atoms with Crippen LogP contribution in [-0.2, 0) is 17.8 Å². The van der Waals surface area contributed by atoms with Crippen LogP contribution in [0.2, 0.25) is 10.0 Å². The van der Waals surface area contributed by atoms with Gasteiger partial charge >= 0.3 is 0 Å². The molecule has 32 heavy (non-hydrogen) atoms. The van der Waals surface area contributed by atoms with Gasteiger partial charge in [0.15, 0.2) is 0 Å². The zero-order valence-corrected chi connectivity index (χ0v) is 20.0. The summed E-state index contributed by atoms with van der Waals surface area (Å²) in [6, 6.07) is 13.7. The average molecular weight is 480 g/mol. The highest BCUT2D eigenvalue weighted by molar-refractivity contribution is 6.30. The molecule has 6 nitrogen and oxygen atoms in total. The van der Waals surface area contributed by atoms with Crippen molar-refractivity contribution in [3.63, 3.8) is 0 Å². The normalized spacial score (nSPS) is 20.8.